The number of halogens is 1. The summed E-state index contributed by atoms with van der Waals surface area (Å²) in [4.78, 5) is 23.7. The fourth-order valence-corrected chi connectivity index (χ4v) is 4.47. The third-order valence-corrected chi connectivity index (χ3v) is 5.91. The van der Waals surface area contributed by atoms with E-state index in [1.165, 1.54) is 12.1 Å². The Balaban J connectivity index is 1.87. The van der Waals surface area contributed by atoms with Crippen LogP contribution >= 0.6 is 0 Å². The lowest BCUT2D eigenvalue weighted by Crippen LogP contribution is -2.11. The van der Waals surface area contributed by atoms with Gasteiger partial charge in [-0.15, -0.1) is 0 Å². The minimum atomic E-state index is -1.12. The van der Waals surface area contributed by atoms with Gasteiger partial charge in [0, 0.05) is 17.5 Å². The summed E-state index contributed by atoms with van der Waals surface area (Å²) < 4.78 is 21.7. The highest BCUT2D eigenvalue weighted by atomic mass is 19.1. The van der Waals surface area contributed by atoms with E-state index in [4.69, 9.17) is 10.5 Å². The Morgan fingerprint density at radius 1 is 0.857 bits per heavy atom. The highest BCUT2D eigenvalue weighted by Crippen LogP contribution is 2.41. The van der Waals surface area contributed by atoms with Crippen LogP contribution in [-0.4, -0.2) is 28.2 Å². The molecule has 0 saturated heterocycles. The first-order chi connectivity index (χ1) is 16.9. The number of carbonyl (C=O) groups is 2. The van der Waals surface area contributed by atoms with E-state index in [2.05, 4.69) is 0 Å². The number of fused-ring (bicyclic) bond motifs is 3. The predicted octanol–water partition coefficient (Wildman–Crippen LogP) is 5.21. The minimum absolute atomic E-state index is 0.290. The average Bonchev–Trinajstić information content (AvgIpc) is 3.16. The zero-order valence-corrected chi connectivity index (χ0v) is 18.6. The lowest BCUT2D eigenvalue weighted by molar-refractivity contribution is -0.139. The minimum Gasteiger partial charge on any atom is -0.481 e. The fourth-order valence-electron chi connectivity index (χ4n) is 4.47. The summed E-state index contributed by atoms with van der Waals surface area (Å²) in [5.74, 6) is -1.77. The Kier molecular flexibility index (Phi) is 5.66. The van der Waals surface area contributed by atoms with Crippen LogP contribution in [0.3, 0.4) is 0 Å². The largest absolute Gasteiger partial charge is 0.481 e. The number of hydrogen-bond donors (Lipinski definition) is 2. The third kappa shape index (κ3) is 4.19. The van der Waals surface area contributed by atoms with Crippen molar-refractivity contribution in [2.75, 3.05) is 6.61 Å². The second-order valence-electron chi connectivity index (χ2n) is 8.20. The molecule has 5 rings (SSSR count). The number of benzene rings is 4. The van der Waals surface area contributed by atoms with E-state index in [9.17, 15) is 19.1 Å². The number of ether oxygens (including phenoxy) is 1. The maximum atomic E-state index is 14.0. The molecule has 3 N–H and O–H groups in total. The number of carbonyl (C=O) groups excluding carboxylic acids is 1. The van der Waals surface area contributed by atoms with Crippen molar-refractivity contribution >= 4 is 33.7 Å². The van der Waals surface area contributed by atoms with Crippen molar-refractivity contribution in [3.05, 3.63) is 102 Å². The molecule has 174 valence electrons. The van der Waals surface area contributed by atoms with Crippen molar-refractivity contribution in [1.82, 2.24) is 4.57 Å². The summed E-state index contributed by atoms with van der Waals surface area (Å²) >= 11 is 0. The number of aliphatic carboxylic acids is 1. The van der Waals surface area contributed by atoms with Crippen molar-refractivity contribution in [3.63, 3.8) is 0 Å². The van der Waals surface area contributed by atoms with E-state index < -0.39 is 18.5 Å². The number of nitrogens with two attached hydrogens (primary N) is 1. The number of carboxylic acid groups (broad SMARTS) is 1. The molecule has 0 atom stereocenters. The van der Waals surface area contributed by atoms with Crippen LogP contribution in [0.4, 0.5) is 4.39 Å². The molecule has 35 heavy (non-hydrogen) atoms. The lowest BCUT2D eigenvalue weighted by Gasteiger charge is -2.12. The molecule has 1 aromatic heterocycles. The Labute approximate surface area is 200 Å². The van der Waals surface area contributed by atoms with Crippen molar-refractivity contribution in [2.24, 2.45) is 5.73 Å². The Hall–Kier alpha value is -4.65. The Morgan fingerprint density at radius 2 is 1.63 bits per heavy atom. The van der Waals surface area contributed by atoms with Gasteiger partial charge in [0.2, 0.25) is 5.91 Å². The molecule has 1 amide bonds. The normalized spacial score (nSPS) is 11.1. The molecule has 6 nitrogen and oxygen atoms in total. The molecule has 4 aromatic carbocycles. The van der Waals surface area contributed by atoms with Gasteiger partial charge in [-0.05, 0) is 53.1 Å². The fraction of sp³-hybridized carbons (Fsp3) is 0.0714. The number of aromatic nitrogens is 1. The van der Waals surface area contributed by atoms with Crippen LogP contribution in [0.1, 0.15) is 15.9 Å². The summed E-state index contributed by atoms with van der Waals surface area (Å²) in [5.41, 5.74) is 9.86. The van der Waals surface area contributed by atoms with Crippen LogP contribution in [0.2, 0.25) is 0 Å². The maximum absolute atomic E-state index is 14.0. The van der Waals surface area contributed by atoms with E-state index in [-0.39, 0.29) is 11.4 Å². The number of primary amides is 1. The van der Waals surface area contributed by atoms with Gasteiger partial charge in [-0.25, -0.2) is 9.18 Å². The summed E-state index contributed by atoms with van der Waals surface area (Å²) in [6.07, 6.45) is 0. The van der Waals surface area contributed by atoms with Gasteiger partial charge in [-0.1, -0.05) is 48.5 Å². The molecule has 0 radical (unpaired) electrons. The number of carboxylic acids is 1. The molecule has 0 aliphatic heterocycles. The predicted molar refractivity (Wildman–Crippen MR) is 132 cm³/mol. The molecule has 0 saturated carbocycles. The molecule has 7 heteroatoms. The second-order valence-corrected chi connectivity index (χ2v) is 8.20. The molecule has 5 aromatic rings. The number of nitrogens with zero attached hydrogens (tertiary/aromatic N) is 1. The molecular formula is C28H21FN2O4. The van der Waals surface area contributed by atoms with Gasteiger partial charge in [0.25, 0.3) is 0 Å². The van der Waals surface area contributed by atoms with Gasteiger partial charge >= 0.3 is 5.97 Å². The van der Waals surface area contributed by atoms with E-state index >= 15 is 0 Å². The summed E-state index contributed by atoms with van der Waals surface area (Å²) in [7, 11) is 0. The standard InChI is InChI=1S/C28H21FN2O4/c29-20-9-4-6-17(12-20)15-31-22-11-5-10-21(28(30)34)26(22)27-23(31)13-19(18-7-2-1-3-8-18)14-24(27)35-16-25(32)33/h1-14H,15-16H2,(H2,30,34)(H,32,33). The van der Waals surface area contributed by atoms with Gasteiger partial charge in [-0.3, -0.25) is 4.79 Å². The number of amides is 1. The monoisotopic (exact) mass is 468 g/mol. The van der Waals surface area contributed by atoms with E-state index in [1.807, 2.05) is 53.1 Å². The molecule has 0 aliphatic rings. The zero-order valence-electron chi connectivity index (χ0n) is 18.6. The summed E-state index contributed by atoms with van der Waals surface area (Å²) in [6, 6.07) is 24.8. The van der Waals surface area contributed by atoms with Crippen LogP contribution < -0.4 is 10.5 Å². The van der Waals surface area contributed by atoms with Crippen LogP contribution in [0.5, 0.6) is 5.75 Å². The molecular weight excluding hydrogens is 447 g/mol. The SMILES string of the molecule is NC(=O)c1cccc2c1c1c(OCC(=O)O)cc(-c3ccccc3)cc1n2Cc1cccc(F)c1. The van der Waals surface area contributed by atoms with Gasteiger partial charge in [0.15, 0.2) is 6.61 Å². The Morgan fingerprint density at radius 3 is 2.34 bits per heavy atom. The summed E-state index contributed by atoms with van der Waals surface area (Å²) in [6.45, 7) is -0.237. The molecule has 0 bridgehead atoms. The zero-order chi connectivity index (χ0) is 24.5. The van der Waals surface area contributed by atoms with E-state index in [1.54, 1.807) is 24.3 Å². The van der Waals surface area contributed by atoms with Crippen LogP contribution in [0, 0.1) is 5.82 Å². The topological polar surface area (TPSA) is 94.6 Å². The number of hydrogen-bond acceptors (Lipinski definition) is 3. The molecule has 0 spiro atoms. The quantitative estimate of drug-likeness (QED) is 0.343. The average molecular weight is 468 g/mol. The molecule has 0 unspecified atom stereocenters. The molecule has 0 fully saturated rings. The van der Waals surface area contributed by atoms with E-state index in [0.717, 1.165) is 16.7 Å². The molecule has 1 heterocycles. The van der Waals surface area contributed by atoms with Crippen molar-refractivity contribution in [1.29, 1.82) is 0 Å². The molecule has 0 aliphatic carbocycles. The smallest absolute Gasteiger partial charge is 0.341 e. The van der Waals surface area contributed by atoms with Gasteiger partial charge in [-0.2, -0.15) is 0 Å². The lowest BCUT2D eigenvalue weighted by atomic mass is 10.0. The van der Waals surface area contributed by atoms with Gasteiger partial charge in [0.1, 0.15) is 11.6 Å². The highest BCUT2D eigenvalue weighted by Gasteiger charge is 2.21. The first-order valence-electron chi connectivity index (χ1n) is 11.0. The third-order valence-electron chi connectivity index (χ3n) is 5.91. The van der Waals surface area contributed by atoms with Gasteiger partial charge in [0.05, 0.1) is 16.4 Å². The van der Waals surface area contributed by atoms with E-state index in [0.29, 0.717) is 34.1 Å². The summed E-state index contributed by atoms with van der Waals surface area (Å²) in [5, 5.41) is 10.4. The van der Waals surface area contributed by atoms with Crippen molar-refractivity contribution in [3.8, 4) is 16.9 Å². The van der Waals surface area contributed by atoms with Crippen LogP contribution in [-0.2, 0) is 11.3 Å². The second kappa shape index (κ2) is 8.95. The Bertz CT molecular complexity index is 1590. The first-order valence-corrected chi connectivity index (χ1v) is 11.0. The van der Waals surface area contributed by atoms with Gasteiger partial charge < -0.3 is 20.1 Å². The van der Waals surface area contributed by atoms with Crippen molar-refractivity contribution < 1.29 is 23.8 Å². The highest BCUT2D eigenvalue weighted by molar-refractivity contribution is 6.20. The van der Waals surface area contributed by atoms with Crippen LogP contribution in [0.15, 0.2) is 84.9 Å². The van der Waals surface area contributed by atoms with Crippen molar-refractivity contribution in [2.45, 2.75) is 6.54 Å². The maximum Gasteiger partial charge on any atom is 0.341 e. The van der Waals surface area contributed by atoms with Crippen LogP contribution in [0.25, 0.3) is 32.9 Å². The number of rotatable bonds is 7. The first kappa shape index (κ1) is 22.2.